The molecule has 0 amide bonds. The molecule has 0 radical (unpaired) electrons. The number of hydrogen-bond donors (Lipinski definition) is 1. The third-order valence-electron chi connectivity index (χ3n) is 2.24. The first-order valence-corrected chi connectivity index (χ1v) is 7.29. The van der Waals surface area contributed by atoms with Gasteiger partial charge < -0.3 is 19.0 Å². The highest BCUT2D eigenvalue weighted by molar-refractivity contribution is 7.54. The van der Waals surface area contributed by atoms with Gasteiger partial charge in [0.05, 0.1) is 31.5 Å². The first-order valence-electron chi connectivity index (χ1n) is 5.57. The topological polar surface area (TPSA) is 77.4 Å². The number of alkyl halides is 3. The molecule has 1 N–H and O–H groups in total. The van der Waals surface area contributed by atoms with Crippen LogP contribution < -0.4 is 0 Å². The maximum atomic E-state index is 12.5. The highest BCUT2D eigenvalue weighted by Crippen LogP contribution is 2.50. The molecule has 0 aromatic carbocycles. The molecule has 0 saturated heterocycles. The predicted molar refractivity (Wildman–Crippen MR) is 59.9 cm³/mol. The molecule has 0 fully saturated rings. The molecule has 0 spiro atoms. The average Bonchev–Trinajstić information content (AvgIpc) is 2.60. The summed E-state index contributed by atoms with van der Waals surface area (Å²) >= 11 is 0. The van der Waals surface area contributed by atoms with Gasteiger partial charge in [0.15, 0.2) is 0 Å². The Morgan fingerprint density at radius 2 is 1.95 bits per heavy atom. The summed E-state index contributed by atoms with van der Waals surface area (Å²) in [5, 5.41) is 12.3. The fraction of sp³-hybridized carbons (Fsp3) is 0.889. The molecule has 1 heterocycles. The minimum absolute atomic E-state index is 0.0783. The second-order valence-electron chi connectivity index (χ2n) is 3.81. The Balaban J connectivity index is 2.72. The van der Waals surface area contributed by atoms with Gasteiger partial charge in [0.2, 0.25) is 0 Å². The molecule has 0 aromatic heterocycles. The van der Waals surface area contributed by atoms with Gasteiger partial charge in [0, 0.05) is 0 Å². The van der Waals surface area contributed by atoms with Crippen LogP contribution in [0.25, 0.3) is 0 Å². The van der Waals surface area contributed by atoms with Gasteiger partial charge in [-0.2, -0.15) is 13.2 Å². The number of rotatable bonds is 6. The van der Waals surface area contributed by atoms with Crippen LogP contribution in [-0.2, 0) is 18.5 Å². The van der Waals surface area contributed by atoms with Gasteiger partial charge in [-0.3, -0.25) is 4.57 Å². The normalized spacial score (nSPS) is 24.2. The van der Waals surface area contributed by atoms with Gasteiger partial charge in [-0.1, -0.05) is 5.16 Å². The molecule has 1 aliphatic heterocycles. The van der Waals surface area contributed by atoms with E-state index in [0.29, 0.717) is 0 Å². The van der Waals surface area contributed by atoms with Crippen LogP contribution in [0.4, 0.5) is 13.2 Å². The standard InChI is InChI=1S/C9H15F3NO5P/c1-3-16-19(15,17-4-2)6-7-5-8(14,18-13-7)9(10,11)12/h14H,3-6H2,1-2H3. The Labute approximate surface area is 108 Å². The van der Waals surface area contributed by atoms with Crippen LogP contribution in [-0.4, -0.2) is 42.2 Å². The van der Waals surface area contributed by atoms with Crippen molar-refractivity contribution in [1.29, 1.82) is 0 Å². The molecule has 112 valence electrons. The summed E-state index contributed by atoms with van der Waals surface area (Å²) in [5.74, 6) is -3.37. The molecule has 0 aliphatic carbocycles. The SMILES string of the molecule is CCOP(=O)(CC1=NOC(O)(C(F)(F)F)C1)OCC. The zero-order chi connectivity index (χ0) is 14.7. The van der Waals surface area contributed by atoms with Crippen molar-refractivity contribution in [1.82, 2.24) is 0 Å². The molecular weight excluding hydrogens is 290 g/mol. The van der Waals surface area contributed by atoms with Crippen molar-refractivity contribution in [3.8, 4) is 0 Å². The van der Waals surface area contributed by atoms with E-state index in [0.717, 1.165) is 0 Å². The molecular formula is C9H15F3NO5P. The lowest BCUT2D eigenvalue weighted by atomic mass is 10.1. The van der Waals surface area contributed by atoms with E-state index < -0.39 is 32.1 Å². The summed E-state index contributed by atoms with van der Waals surface area (Å²) in [6.45, 7) is 3.30. The maximum absolute atomic E-state index is 12.5. The van der Waals surface area contributed by atoms with Crippen molar-refractivity contribution in [3.05, 3.63) is 0 Å². The lowest BCUT2D eigenvalue weighted by Gasteiger charge is -2.22. The van der Waals surface area contributed by atoms with E-state index in [9.17, 15) is 22.8 Å². The van der Waals surface area contributed by atoms with Crippen LogP contribution >= 0.6 is 7.60 Å². The summed E-state index contributed by atoms with van der Waals surface area (Å²) < 4.78 is 59.3. The minimum Gasteiger partial charge on any atom is -0.350 e. The van der Waals surface area contributed by atoms with Gasteiger partial charge >= 0.3 is 19.6 Å². The van der Waals surface area contributed by atoms with E-state index in [-0.39, 0.29) is 18.9 Å². The first-order chi connectivity index (χ1) is 8.66. The van der Waals surface area contributed by atoms with E-state index >= 15 is 0 Å². The summed E-state index contributed by atoms with van der Waals surface area (Å²) in [7, 11) is -3.57. The molecule has 1 unspecified atom stereocenters. The van der Waals surface area contributed by atoms with Crippen molar-refractivity contribution in [2.45, 2.75) is 32.2 Å². The Morgan fingerprint density at radius 3 is 2.32 bits per heavy atom. The van der Waals surface area contributed by atoms with Crippen LogP contribution in [0.2, 0.25) is 0 Å². The molecule has 0 bridgehead atoms. The summed E-state index contributed by atoms with van der Waals surface area (Å²) in [6, 6.07) is 0. The zero-order valence-corrected chi connectivity index (χ0v) is 11.3. The van der Waals surface area contributed by atoms with Gasteiger partial charge in [-0.25, -0.2) is 0 Å². The van der Waals surface area contributed by atoms with Gasteiger partial charge in [-0.05, 0) is 13.8 Å². The molecule has 10 heteroatoms. The van der Waals surface area contributed by atoms with Crippen molar-refractivity contribution in [2.24, 2.45) is 5.16 Å². The number of halogens is 3. The summed E-state index contributed by atoms with van der Waals surface area (Å²) in [4.78, 5) is 4.01. The van der Waals surface area contributed by atoms with Crippen LogP contribution in [0.1, 0.15) is 20.3 Å². The molecule has 0 aromatic rings. The number of oxime groups is 1. The fourth-order valence-electron chi connectivity index (χ4n) is 1.46. The quantitative estimate of drug-likeness (QED) is 0.762. The molecule has 1 rings (SSSR count). The van der Waals surface area contributed by atoms with E-state index in [1.165, 1.54) is 0 Å². The molecule has 19 heavy (non-hydrogen) atoms. The van der Waals surface area contributed by atoms with Crippen molar-refractivity contribution >= 4 is 13.3 Å². The fourth-order valence-corrected chi connectivity index (χ4v) is 3.12. The summed E-state index contributed by atoms with van der Waals surface area (Å²) in [5.41, 5.74) is -0.218. The molecule has 1 atom stereocenters. The lowest BCUT2D eigenvalue weighted by molar-refractivity contribution is -0.355. The van der Waals surface area contributed by atoms with E-state index in [4.69, 9.17) is 9.05 Å². The third kappa shape index (κ3) is 3.92. The second kappa shape index (κ2) is 5.78. The lowest BCUT2D eigenvalue weighted by Crippen LogP contribution is -2.45. The highest BCUT2D eigenvalue weighted by Gasteiger charge is 2.60. The Bertz CT molecular complexity index is 390. The van der Waals surface area contributed by atoms with Crippen LogP contribution in [0.5, 0.6) is 0 Å². The van der Waals surface area contributed by atoms with Crippen molar-refractivity contribution < 1.29 is 36.7 Å². The monoisotopic (exact) mass is 305 g/mol. The third-order valence-corrected chi connectivity index (χ3v) is 4.30. The van der Waals surface area contributed by atoms with Crippen LogP contribution in [0.15, 0.2) is 5.16 Å². The first kappa shape index (κ1) is 16.4. The Kier molecular flexibility index (Phi) is 5.00. The maximum Gasteiger partial charge on any atom is 0.458 e. The molecule has 0 saturated carbocycles. The highest BCUT2D eigenvalue weighted by atomic mass is 31.2. The van der Waals surface area contributed by atoms with E-state index in [1.54, 1.807) is 13.8 Å². The number of hydrogen-bond acceptors (Lipinski definition) is 6. The van der Waals surface area contributed by atoms with E-state index in [2.05, 4.69) is 9.99 Å². The number of aliphatic hydroxyl groups is 1. The van der Waals surface area contributed by atoms with Gasteiger partial charge in [-0.15, -0.1) is 0 Å². The predicted octanol–water partition coefficient (Wildman–Crippen LogP) is 2.28. The Hall–Kier alpha value is -0.630. The minimum atomic E-state index is -4.99. The summed E-state index contributed by atoms with van der Waals surface area (Å²) in [6.07, 6.45) is -6.35. The second-order valence-corrected chi connectivity index (χ2v) is 5.87. The zero-order valence-electron chi connectivity index (χ0n) is 10.4. The van der Waals surface area contributed by atoms with Gasteiger partial charge in [0.25, 0.3) is 0 Å². The van der Waals surface area contributed by atoms with E-state index in [1.807, 2.05) is 0 Å². The molecule has 6 nitrogen and oxygen atoms in total. The number of nitrogens with zero attached hydrogens (tertiary/aromatic N) is 1. The van der Waals surface area contributed by atoms with Crippen LogP contribution in [0, 0.1) is 0 Å². The van der Waals surface area contributed by atoms with Crippen molar-refractivity contribution in [3.63, 3.8) is 0 Å². The van der Waals surface area contributed by atoms with Crippen molar-refractivity contribution in [2.75, 3.05) is 19.4 Å². The Morgan fingerprint density at radius 1 is 1.42 bits per heavy atom. The largest absolute Gasteiger partial charge is 0.458 e. The van der Waals surface area contributed by atoms with Crippen LogP contribution in [0.3, 0.4) is 0 Å². The van der Waals surface area contributed by atoms with Gasteiger partial charge in [0.1, 0.15) is 0 Å². The smallest absolute Gasteiger partial charge is 0.350 e. The average molecular weight is 305 g/mol. The molecule has 1 aliphatic rings.